The Labute approximate surface area is 129 Å². The van der Waals surface area contributed by atoms with Crippen molar-refractivity contribution in [2.24, 2.45) is 0 Å². The van der Waals surface area contributed by atoms with Crippen molar-refractivity contribution >= 4 is 17.3 Å². The van der Waals surface area contributed by atoms with Gasteiger partial charge in [-0.25, -0.2) is 0 Å². The normalized spacial score (nSPS) is 12.6. The first-order valence-corrected chi connectivity index (χ1v) is 7.72. The molecule has 1 aromatic rings. The van der Waals surface area contributed by atoms with E-state index in [9.17, 15) is 0 Å². The molecule has 0 saturated heterocycles. The smallest absolute Gasteiger partial charge is 0.0471 e. The fourth-order valence-electron chi connectivity index (χ4n) is 1.84. The van der Waals surface area contributed by atoms with E-state index in [1.54, 1.807) is 0 Å². The number of halogens is 1. The van der Waals surface area contributed by atoms with Gasteiger partial charge in [-0.15, -0.1) is 0 Å². The third-order valence-corrected chi connectivity index (χ3v) is 4.36. The highest BCUT2D eigenvalue weighted by molar-refractivity contribution is 6.31. The SMILES string of the molecule is CCC(C)(C)N(C)c1ccc(CNC(C)(C)C)c(Cl)c1. The summed E-state index contributed by atoms with van der Waals surface area (Å²) < 4.78 is 0. The third kappa shape index (κ3) is 4.68. The van der Waals surface area contributed by atoms with Gasteiger partial charge in [0.05, 0.1) is 0 Å². The number of nitrogens with zero attached hydrogens (tertiary/aromatic N) is 1. The Bertz CT molecular complexity index is 447. The lowest BCUT2D eigenvalue weighted by atomic mass is 9.99. The van der Waals surface area contributed by atoms with Crippen LogP contribution in [0.15, 0.2) is 18.2 Å². The zero-order valence-electron chi connectivity index (χ0n) is 14.0. The molecule has 20 heavy (non-hydrogen) atoms. The summed E-state index contributed by atoms with van der Waals surface area (Å²) in [6.45, 7) is 14.0. The van der Waals surface area contributed by atoms with Crippen molar-refractivity contribution in [3.63, 3.8) is 0 Å². The fourth-order valence-corrected chi connectivity index (χ4v) is 2.08. The topological polar surface area (TPSA) is 15.3 Å². The molecule has 0 aromatic heterocycles. The van der Waals surface area contributed by atoms with E-state index in [2.05, 4.69) is 77.0 Å². The average Bonchev–Trinajstić information content (AvgIpc) is 2.35. The van der Waals surface area contributed by atoms with Crippen LogP contribution in [-0.4, -0.2) is 18.1 Å². The van der Waals surface area contributed by atoms with Gasteiger partial charge in [0.1, 0.15) is 0 Å². The van der Waals surface area contributed by atoms with Gasteiger partial charge in [0.25, 0.3) is 0 Å². The lowest BCUT2D eigenvalue weighted by molar-refractivity contribution is 0.424. The molecule has 0 heterocycles. The van der Waals surface area contributed by atoms with Crippen molar-refractivity contribution in [3.8, 4) is 0 Å². The maximum atomic E-state index is 6.43. The first kappa shape index (κ1) is 17.3. The summed E-state index contributed by atoms with van der Waals surface area (Å²) in [5.74, 6) is 0. The summed E-state index contributed by atoms with van der Waals surface area (Å²) in [7, 11) is 2.13. The number of hydrogen-bond donors (Lipinski definition) is 1. The van der Waals surface area contributed by atoms with E-state index in [-0.39, 0.29) is 11.1 Å². The van der Waals surface area contributed by atoms with Crippen LogP contribution in [0.25, 0.3) is 0 Å². The van der Waals surface area contributed by atoms with Gasteiger partial charge in [-0.3, -0.25) is 0 Å². The predicted octanol–water partition coefficient (Wildman–Crippen LogP) is 4.85. The van der Waals surface area contributed by atoms with E-state index in [1.807, 2.05) is 0 Å². The highest BCUT2D eigenvalue weighted by Crippen LogP contribution is 2.29. The van der Waals surface area contributed by atoms with Gasteiger partial charge in [-0.2, -0.15) is 0 Å². The molecule has 0 bridgehead atoms. The van der Waals surface area contributed by atoms with Crippen LogP contribution in [0.3, 0.4) is 0 Å². The van der Waals surface area contributed by atoms with Crippen LogP contribution < -0.4 is 10.2 Å². The third-order valence-electron chi connectivity index (χ3n) is 4.01. The lowest BCUT2D eigenvalue weighted by Gasteiger charge is -2.37. The molecule has 2 nitrogen and oxygen atoms in total. The van der Waals surface area contributed by atoms with Crippen LogP contribution in [0.1, 0.15) is 53.5 Å². The van der Waals surface area contributed by atoms with E-state index in [0.717, 1.165) is 23.6 Å². The second kappa shape index (κ2) is 6.36. The van der Waals surface area contributed by atoms with Gasteiger partial charge in [0.2, 0.25) is 0 Å². The number of anilines is 1. The Kier molecular flexibility index (Phi) is 5.51. The highest BCUT2D eigenvalue weighted by Gasteiger charge is 2.22. The van der Waals surface area contributed by atoms with Crippen LogP contribution in [0.2, 0.25) is 5.02 Å². The first-order valence-electron chi connectivity index (χ1n) is 7.34. The molecule has 1 rings (SSSR count). The van der Waals surface area contributed by atoms with Crippen molar-refractivity contribution in [1.82, 2.24) is 5.32 Å². The molecule has 1 aromatic carbocycles. The standard InChI is InChI=1S/C17H29ClN2/c1-8-17(5,6)20(7)14-10-9-13(15(18)11-14)12-19-16(2,3)4/h9-11,19H,8,12H2,1-7H3. The van der Waals surface area contributed by atoms with Crippen molar-refractivity contribution in [1.29, 1.82) is 0 Å². The predicted molar refractivity (Wildman–Crippen MR) is 90.8 cm³/mol. The Morgan fingerprint density at radius 1 is 1.15 bits per heavy atom. The van der Waals surface area contributed by atoms with Crippen molar-refractivity contribution in [3.05, 3.63) is 28.8 Å². The van der Waals surface area contributed by atoms with Crippen LogP contribution in [-0.2, 0) is 6.54 Å². The molecule has 3 heteroatoms. The minimum absolute atomic E-state index is 0.100. The van der Waals surface area contributed by atoms with Crippen molar-refractivity contribution in [2.45, 2.75) is 65.6 Å². The molecule has 0 aliphatic rings. The van der Waals surface area contributed by atoms with Crippen LogP contribution in [0, 0.1) is 0 Å². The van der Waals surface area contributed by atoms with Gasteiger partial charge >= 0.3 is 0 Å². The summed E-state index contributed by atoms with van der Waals surface area (Å²) in [6, 6.07) is 6.35. The molecule has 1 N–H and O–H groups in total. The molecule has 0 saturated carbocycles. The van der Waals surface area contributed by atoms with E-state index in [1.165, 1.54) is 5.69 Å². The Morgan fingerprint density at radius 3 is 2.20 bits per heavy atom. The Morgan fingerprint density at radius 2 is 1.75 bits per heavy atom. The molecular formula is C17H29ClN2. The monoisotopic (exact) mass is 296 g/mol. The fraction of sp³-hybridized carbons (Fsp3) is 0.647. The van der Waals surface area contributed by atoms with Crippen molar-refractivity contribution < 1.29 is 0 Å². The maximum Gasteiger partial charge on any atom is 0.0471 e. The molecule has 0 aliphatic heterocycles. The number of rotatable bonds is 5. The summed E-state index contributed by atoms with van der Waals surface area (Å²) in [4.78, 5) is 2.29. The highest BCUT2D eigenvalue weighted by atomic mass is 35.5. The van der Waals surface area contributed by atoms with E-state index in [4.69, 9.17) is 11.6 Å². The van der Waals surface area contributed by atoms with Gasteiger partial charge < -0.3 is 10.2 Å². The zero-order chi connectivity index (χ0) is 15.6. The zero-order valence-corrected chi connectivity index (χ0v) is 14.7. The summed E-state index contributed by atoms with van der Waals surface area (Å²) in [5, 5.41) is 4.30. The van der Waals surface area contributed by atoms with Crippen LogP contribution >= 0.6 is 11.6 Å². The van der Waals surface area contributed by atoms with Crippen LogP contribution in [0.4, 0.5) is 5.69 Å². The minimum Gasteiger partial charge on any atom is -0.369 e. The quantitative estimate of drug-likeness (QED) is 0.835. The number of nitrogens with one attached hydrogen (secondary N) is 1. The second-order valence-electron chi connectivity index (χ2n) is 7.10. The van der Waals surface area contributed by atoms with E-state index >= 15 is 0 Å². The lowest BCUT2D eigenvalue weighted by Crippen LogP contribution is -2.40. The first-order chi connectivity index (χ1) is 9.07. The molecule has 0 radical (unpaired) electrons. The molecule has 0 aliphatic carbocycles. The Balaban J connectivity index is 2.88. The Hall–Kier alpha value is -0.730. The maximum absolute atomic E-state index is 6.43. The molecular weight excluding hydrogens is 268 g/mol. The summed E-state index contributed by atoms with van der Waals surface area (Å²) in [6.07, 6.45) is 1.09. The van der Waals surface area contributed by atoms with Gasteiger partial charge in [-0.1, -0.05) is 24.6 Å². The molecule has 0 spiro atoms. The largest absolute Gasteiger partial charge is 0.369 e. The summed E-state index contributed by atoms with van der Waals surface area (Å²) in [5.41, 5.74) is 2.55. The van der Waals surface area contributed by atoms with Gasteiger partial charge in [0.15, 0.2) is 0 Å². The van der Waals surface area contributed by atoms with E-state index < -0.39 is 0 Å². The molecule has 0 unspecified atom stereocenters. The van der Waals surface area contributed by atoms with Gasteiger partial charge in [0, 0.05) is 35.4 Å². The minimum atomic E-state index is 0.100. The molecule has 0 amide bonds. The van der Waals surface area contributed by atoms with E-state index in [0.29, 0.717) is 0 Å². The van der Waals surface area contributed by atoms with Crippen LogP contribution in [0.5, 0.6) is 0 Å². The molecule has 0 atom stereocenters. The van der Waals surface area contributed by atoms with Crippen molar-refractivity contribution in [2.75, 3.05) is 11.9 Å². The molecule has 114 valence electrons. The van der Waals surface area contributed by atoms with Gasteiger partial charge in [-0.05, 0) is 58.7 Å². The molecule has 0 fully saturated rings. The average molecular weight is 297 g/mol. The second-order valence-corrected chi connectivity index (χ2v) is 7.51. The number of hydrogen-bond acceptors (Lipinski definition) is 2. The number of benzene rings is 1. The summed E-state index contributed by atoms with van der Waals surface area (Å²) >= 11 is 6.43.